The number of hydrogen-bond donors (Lipinski definition) is 1. The molecule has 1 aliphatic heterocycles. The highest BCUT2D eigenvalue weighted by atomic mass is 16.5. The van der Waals surface area contributed by atoms with Crippen molar-refractivity contribution in [2.75, 3.05) is 6.61 Å². The summed E-state index contributed by atoms with van der Waals surface area (Å²) < 4.78 is 21.8. The number of furan rings is 1. The standard InChI is InChI=1S/C23H18N2O5/c1-2-27-18-7-4-3-6-15(18)21-16-10-9-14(29-23(26)19-8-5-11-28-19)12-20(16)30-22(25)17(21)13-24/h3-12,21H,2,25H2,1H3. The Kier molecular flexibility index (Phi) is 5.14. The Morgan fingerprint density at radius 3 is 2.73 bits per heavy atom. The molecule has 0 aliphatic carbocycles. The Labute approximate surface area is 172 Å². The van der Waals surface area contributed by atoms with E-state index in [0.29, 0.717) is 23.7 Å². The fraction of sp³-hybridized carbons (Fsp3) is 0.130. The number of benzene rings is 2. The van der Waals surface area contributed by atoms with Crippen LogP contribution in [0.4, 0.5) is 0 Å². The fourth-order valence-corrected chi connectivity index (χ4v) is 3.38. The van der Waals surface area contributed by atoms with Crippen LogP contribution in [0.15, 0.2) is 76.7 Å². The summed E-state index contributed by atoms with van der Waals surface area (Å²) in [6.45, 7) is 2.37. The van der Waals surface area contributed by atoms with Crippen LogP contribution in [0.1, 0.15) is 34.5 Å². The predicted molar refractivity (Wildman–Crippen MR) is 107 cm³/mol. The highest BCUT2D eigenvalue weighted by Crippen LogP contribution is 2.45. The molecule has 1 unspecified atom stereocenters. The summed E-state index contributed by atoms with van der Waals surface area (Å²) in [5, 5.41) is 9.73. The molecule has 4 rings (SSSR count). The van der Waals surface area contributed by atoms with Gasteiger partial charge in [0.25, 0.3) is 0 Å². The molecular formula is C23H18N2O5. The first kappa shape index (κ1) is 19.2. The van der Waals surface area contributed by atoms with E-state index in [1.54, 1.807) is 24.3 Å². The molecule has 150 valence electrons. The zero-order valence-corrected chi connectivity index (χ0v) is 16.1. The first-order valence-corrected chi connectivity index (χ1v) is 9.31. The molecule has 0 saturated heterocycles. The van der Waals surface area contributed by atoms with Crippen molar-refractivity contribution in [2.24, 2.45) is 5.73 Å². The Hall–Kier alpha value is -4.18. The zero-order chi connectivity index (χ0) is 21.1. The second-order valence-electron chi connectivity index (χ2n) is 6.46. The third-order valence-corrected chi connectivity index (χ3v) is 4.65. The minimum absolute atomic E-state index is 0.00388. The lowest BCUT2D eigenvalue weighted by molar-refractivity contribution is 0.0701. The number of nitrogens with zero attached hydrogens (tertiary/aromatic N) is 1. The van der Waals surface area contributed by atoms with Crippen LogP contribution in [0.2, 0.25) is 0 Å². The summed E-state index contributed by atoms with van der Waals surface area (Å²) >= 11 is 0. The van der Waals surface area contributed by atoms with Crippen LogP contribution >= 0.6 is 0 Å². The van der Waals surface area contributed by atoms with Gasteiger partial charge in [-0.15, -0.1) is 0 Å². The van der Waals surface area contributed by atoms with Crippen LogP contribution in [0.3, 0.4) is 0 Å². The maximum Gasteiger partial charge on any atom is 0.379 e. The second kappa shape index (κ2) is 8.05. The molecule has 0 saturated carbocycles. The lowest BCUT2D eigenvalue weighted by atomic mass is 9.83. The number of rotatable bonds is 5. The largest absolute Gasteiger partial charge is 0.494 e. The Balaban J connectivity index is 1.75. The van der Waals surface area contributed by atoms with Gasteiger partial charge in [0.2, 0.25) is 11.6 Å². The topological polar surface area (TPSA) is 108 Å². The summed E-state index contributed by atoms with van der Waals surface area (Å²) in [7, 11) is 0. The van der Waals surface area contributed by atoms with Crippen molar-refractivity contribution >= 4 is 5.97 Å². The van der Waals surface area contributed by atoms with Gasteiger partial charge in [-0.25, -0.2) is 4.79 Å². The molecule has 7 nitrogen and oxygen atoms in total. The Morgan fingerprint density at radius 1 is 1.17 bits per heavy atom. The van der Waals surface area contributed by atoms with E-state index < -0.39 is 11.9 Å². The molecule has 1 atom stereocenters. The molecule has 1 aromatic heterocycles. The second-order valence-corrected chi connectivity index (χ2v) is 6.46. The average molecular weight is 402 g/mol. The van der Waals surface area contributed by atoms with E-state index in [0.717, 1.165) is 5.56 Å². The third kappa shape index (κ3) is 3.47. The number of carbonyl (C=O) groups excluding carboxylic acids is 1. The number of nitrogens with two attached hydrogens (primary N) is 1. The van der Waals surface area contributed by atoms with Crippen LogP contribution in [0, 0.1) is 11.3 Å². The van der Waals surface area contributed by atoms with Gasteiger partial charge in [0, 0.05) is 17.2 Å². The maximum absolute atomic E-state index is 12.2. The van der Waals surface area contributed by atoms with Crippen LogP contribution in [0.5, 0.6) is 17.2 Å². The number of allylic oxidation sites excluding steroid dienone is 1. The molecular weight excluding hydrogens is 384 g/mol. The van der Waals surface area contributed by atoms with Crippen molar-refractivity contribution in [1.29, 1.82) is 5.26 Å². The molecule has 2 heterocycles. The van der Waals surface area contributed by atoms with E-state index in [9.17, 15) is 10.1 Å². The normalized spacial score (nSPS) is 15.0. The van der Waals surface area contributed by atoms with Crippen molar-refractivity contribution in [3.63, 3.8) is 0 Å². The van der Waals surface area contributed by atoms with Crippen molar-refractivity contribution < 1.29 is 23.4 Å². The summed E-state index contributed by atoms with van der Waals surface area (Å²) in [6.07, 6.45) is 1.39. The van der Waals surface area contributed by atoms with E-state index in [-0.39, 0.29) is 23.0 Å². The van der Waals surface area contributed by atoms with E-state index in [1.807, 2.05) is 31.2 Å². The van der Waals surface area contributed by atoms with Gasteiger partial charge in [0.05, 0.1) is 18.8 Å². The minimum Gasteiger partial charge on any atom is -0.494 e. The van der Waals surface area contributed by atoms with Gasteiger partial charge < -0.3 is 24.4 Å². The summed E-state index contributed by atoms with van der Waals surface area (Å²) in [6, 6.07) is 17.7. The Morgan fingerprint density at radius 2 is 2.00 bits per heavy atom. The molecule has 1 aliphatic rings. The molecule has 2 aromatic carbocycles. The zero-order valence-electron chi connectivity index (χ0n) is 16.1. The molecule has 0 fully saturated rings. The van der Waals surface area contributed by atoms with E-state index in [2.05, 4.69) is 6.07 Å². The first-order valence-electron chi connectivity index (χ1n) is 9.31. The first-order chi connectivity index (χ1) is 14.6. The lowest BCUT2D eigenvalue weighted by Crippen LogP contribution is -2.21. The van der Waals surface area contributed by atoms with Crippen LogP contribution in [0.25, 0.3) is 0 Å². The lowest BCUT2D eigenvalue weighted by Gasteiger charge is -2.27. The monoisotopic (exact) mass is 402 g/mol. The van der Waals surface area contributed by atoms with Crippen molar-refractivity contribution in [1.82, 2.24) is 0 Å². The van der Waals surface area contributed by atoms with Gasteiger partial charge in [0.15, 0.2) is 0 Å². The number of nitriles is 1. The number of fused-ring (bicyclic) bond motifs is 1. The van der Waals surface area contributed by atoms with Gasteiger partial charge >= 0.3 is 5.97 Å². The van der Waals surface area contributed by atoms with Crippen molar-refractivity contribution in [3.05, 3.63) is 89.2 Å². The molecule has 7 heteroatoms. The predicted octanol–water partition coefficient (Wildman–Crippen LogP) is 4.12. The fourth-order valence-electron chi connectivity index (χ4n) is 3.38. The molecule has 0 bridgehead atoms. The molecule has 0 amide bonds. The summed E-state index contributed by atoms with van der Waals surface area (Å²) in [5.74, 6) is 0.296. The van der Waals surface area contributed by atoms with Gasteiger partial charge in [-0.3, -0.25) is 0 Å². The van der Waals surface area contributed by atoms with Gasteiger partial charge in [-0.1, -0.05) is 24.3 Å². The summed E-state index contributed by atoms with van der Waals surface area (Å²) in [5.41, 5.74) is 7.85. The van der Waals surface area contributed by atoms with Crippen molar-refractivity contribution in [2.45, 2.75) is 12.8 Å². The van der Waals surface area contributed by atoms with Crippen molar-refractivity contribution in [3.8, 4) is 23.3 Å². The Bertz CT molecular complexity index is 1160. The number of para-hydroxylation sites is 1. The van der Waals surface area contributed by atoms with Gasteiger partial charge in [-0.2, -0.15) is 5.26 Å². The van der Waals surface area contributed by atoms with Crippen LogP contribution < -0.4 is 19.9 Å². The SMILES string of the molecule is CCOc1ccccc1C1C(C#N)=C(N)Oc2cc(OC(=O)c3ccco3)ccc21. The van der Waals surface area contributed by atoms with E-state index >= 15 is 0 Å². The van der Waals surface area contributed by atoms with Crippen LogP contribution in [-0.4, -0.2) is 12.6 Å². The number of hydrogen-bond acceptors (Lipinski definition) is 7. The van der Waals surface area contributed by atoms with Gasteiger partial charge in [-0.05, 0) is 31.2 Å². The molecule has 0 spiro atoms. The minimum atomic E-state index is -0.629. The summed E-state index contributed by atoms with van der Waals surface area (Å²) in [4.78, 5) is 12.2. The number of carbonyl (C=O) groups is 1. The number of esters is 1. The number of ether oxygens (including phenoxy) is 3. The molecule has 30 heavy (non-hydrogen) atoms. The third-order valence-electron chi connectivity index (χ3n) is 4.65. The maximum atomic E-state index is 12.2. The average Bonchev–Trinajstić information content (AvgIpc) is 3.28. The van der Waals surface area contributed by atoms with E-state index in [1.165, 1.54) is 12.3 Å². The molecule has 0 radical (unpaired) electrons. The molecule has 3 aromatic rings. The highest BCUT2D eigenvalue weighted by Gasteiger charge is 2.33. The smallest absolute Gasteiger partial charge is 0.379 e. The van der Waals surface area contributed by atoms with E-state index in [4.69, 9.17) is 24.4 Å². The van der Waals surface area contributed by atoms with Gasteiger partial charge in [0.1, 0.15) is 28.9 Å². The quantitative estimate of drug-likeness (QED) is 0.505. The highest BCUT2D eigenvalue weighted by molar-refractivity contribution is 5.88. The molecule has 2 N–H and O–H groups in total. The van der Waals surface area contributed by atoms with Crippen LogP contribution in [-0.2, 0) is 0 Å².